The van der Waals surface area contributed by atoms with Gasteiger partial charge in [-0.15, -0.1) is 0 Å². The van der Waals surface area contributed by atoms with Crippen LogP contribution in [0.25, 0.3) is 0 Å². The number of urea groups is 1. The van der Waals surface area contributed by atoms with Crippen molar-refractivity contribution in [2.75, 3.05) is 23.3 Å². The number of furan rings is 1. The maximum absolute atomic E-state index is 14.1. The van der Waals surface area contributed by atoms with Crippen molar-refractivity contribution in [2.24, 2.45) is 0 Å². The van der Waals surface area contributed by atoms with E-state index in [0.29, 0.717) is 17.2 Å². The summed E-state index contributed by atoms with van der Waals surface area (Å²) in [4.78, 5) is 26.6. The molecule has 0 aliphatic rings. The highest BCUT2D eigenvalue weighted by Crippen LogP contribution is 2.25. The lowest BCUT2D eigenvalue weighted by Crippen LogP contribution is -2.41. The van der Waals surface area contributed by atoms with Crippen LogP contribution in [0.4, 0.5) is 20.6 Å². The highest BCUT2D eigenvalue weighted by atomic mass is 19.1. The average molecular weight is 459 g/mol. The molecular formula is C26H22FN3O4. The number of nitrogens with one attached hydrogen (secondary N) is 2. The van der Waals surface area contributed by atoms with Crippen LogP contribution in [0.3, 0.4) is 0 Å². The molecule has 3 amide bonds. The van der Waals surface area contributed by atoms with Crippen molar-refractivity contribution in [1.29, 1.82) is 0 Å². The van der Waals surface area contributed by atoms with Crippen LogP contribution < -0.4 is 20.3 Å². The number of carbonyl (C=O) groups is 2. The molecule has 0 bridgehead atoms. The van der Waals surface area contributed by atoms with Gasteiger partial charge in [0.15, 0.2) is 5.76 Å². The maximum Gasteiger partial charge on any atom is 0.326 e. The third-order valence-electron chi connectivity index (χ3n) is 4.85. The number of halogens is 1. The predicted octanol–water partition coefficient (Wildman–Crippen LogP) is 5.68. The van der Waals surface area contributed by atoms with E-state index in [2.05, 4.69) is 10.6 Å². The summed E-state index contributed by atoms with van der Waals surface area (Å²) in [6, 6.07) is 24.7. The summed E-state index contributed by atoms with van der Waals surface area (Å²) in [6.45, 7) is 0.276. The maximum atomic E-state index is 14.1. The van der Waals surface area contributed by atoms with Crippen LogP contribution in [0, 0.1) is 5.82 Å². The first-order valence-corrected chi connectivity index (χ1v) is 10.6. The van der Waals surface area contributed by atoms with Crippen molar-refractivity contribution < 1.29 is 23.1 Å². The van der Waals surface area contributed by atoms with Crippen molar-refractivity contribution in [1.82, 2.24) is 5.32 Å². The lowest BCUT2D eigenvalue weighted by molar-refractivity contribution is 0.0927. The number of benzene rings is 3. The number of rotatable bonds is 8. The summed E-state index contributed by atoms with van der Waals surface area (Å²) in [5, 5.41) is 5.28. The number of ether oxygens (including phenoxy) is 1. The van der Waals surface area contributed by atoms with Gasteiger partial charge in [0, 0.05) is 18.8 Å². The summed E-state index contributed by atoms with van der Waals surface area (Å²) in [7, 11) is 0. The van der Waals surface area contributed by atoms with Crippen LogP contribution in [-0.4, -0.2) is 25.0 Å². The molecule has 0 radical (unpaired) electrons. The zero-order chi connectivity index (χ0) is 23.8. The molecular weight excluding hydrogens is 437 g/mol. The van der Waals surface area contributed by atoms with Crippen LogP contribution in [0.5, 0.6) is 11.5 Å². The Morgan fingerprint density at radius 3 is 2.26 bits per heavy atom. The van der Waals surface area contributed by atoms with Gasteiger partial charge < -0.3 is 19.8 Å². The third-order valence-corrected chi connectivity index (χ3v) is 4.85. The molecule has 0 aliphatic heterocycles. The molecule has 0 fully saturated rings. The second-order valence-corrected chi connectivity index (χ2v) is 7.20. The summed E-state index contributed by atoms with van der Waals surface area (Å²) in [5.41, 5.74) is 0.600. The molecule has 0 aliphatic carbocycles. The van der Waals surface area contributed by atoms with Crippen molar-refractivity contribution in [3.8, 4) is 11.5 Å². The fraction of sp³-hybridized carbons (Fsp3) is 0.0769. The minimum Gasteiger partial charge on any atom is -0.459 e. The molecule has 0 saturated heterocycles. The molecule has 0 unspecified atom stereocenters. The molecule has 0 atom stereocenters. The fourth-order valence-corrected chi connectivity index (χ4v) is 3.19. The summed E-state index contributed by atoms with van der Waals surface area (Å²) in [6.07, 6.45) is 1.40. The minimum atomic E-state index is -0.548. The molecule has 0 saturated carbocycles. The number of para-hydroxylation sites is 2. The fourth-order valence-electron chi connectivity index (χ4n) is 3.19. The van der Waals surface area contributed by atoms with Gasteiger partial charge in [0.1, 0.15) is 17.3 Å². The average Bonchev–Trinajstić information content (AvgIpc) is 3.40. The Kier molecular flexibility index (Phi) is 7.19. The largest absolute Gasteiger partial charge is 0.459 e. The Balaban J connectivity index is 1.48. The van der Waals surface area contributed by atoms with Crippen LogP contribution in [0.1, 0.15) is 10.6 Å². The Morgan fingerprint density at radius 1 is 0.853 bits per heavy atom. The first-order valence-electron chi connectivity index (χ1n) is 10.6. The van der Waals surface area contributed by atoms with Crippen molar-refractivity contribution in [3.63, 3.8) is 0 Å². The van der Waals surface area contributed by atoms with Crippen LogP contribution >= 0.6 is 0 Å². The first-order chi connectivity index (χ1) is 16.6. The van der Waals surface area contributed by atoms with E-state index in [1.807, 2.05) is 30.3 Å². The molecule has 3 aromatic carbocycles. The van der Waals surface area contributed by atoms with E-state index >= 15 is 0 Å². The molecule has 8 heteroatoms. The number of nitrogens with zero attached hydrogens (tertiary/aromatic N) is 1. The van der Waals surface area contributed by atoms with E-state index < -0.39 is 17.8 Å². The topological polar surface area (TPSA) is 83.8 Å². The summed E-state index contributed by atoms with van der Waals surface area (Å²) >= 11 is 0. The van der Waals surface area contributed by atoms with Gasteiger partial charge in [0.25, 0.3) is 5.91 Å². The van der Waals surface area contributed by atoms with Crippen molar-refractivity contribution in [3.05, 3.63) is 109 Å². The van der Waals surface area contributed by atoms with E-state index in [0.717, 1.165) is 0 Å². The van der Waals surface area contributed by atoms with Gasteiger partial charge in [-0.3, -0.25) is 9.69 Å². The molecule has 4 aromatic rings. The van der Waals surface area contributed by atoms with Crippen LogP contribution in [0.2, 0.25) is 0 Å². The first kappa shape index (κ1) is 22.6. The van der Waals surface area contributed by atoms with E-state index in [1.165, 1.54) is 23.3 Å². The standard InChI is InChI=1S/C26H22FN3O4/c27-22-9-4-5-10-23(22)29-26(32)30(17-16-28-25(31)24-11-6-18-33-24)19-12-14-21(15-13-19)34-20-7-2-1-3-8-20/h1-15,18H,16-17H2,(H,28,31)(H,29,32). The monoisotopic (exact) mass is 459 g/mol. The number of carbonyl (C=O) groups excluding carboxylic acids is 2. The van der Waals surface area contributed by atoms with Crippen molar-refractivity contribution in [2.45, 2.75) is 0 Å². The zero-order valence-corrected chi connectivity index (χ0v) is 18.1. The predicted molar refractivity (Wildman–Crippen MR) is 127 cm³/mol. The lowest BCUT2D eigenvalue weighted by Gasteiger charge is -2.24. The van der Waals surface area contributed by atoms with Gasteiger partial charge in [0.05, 0.1) is 12.0 Å². The van der Waals surface area contributed by atoms with Crippen LogP contribution in [-0.2, 0) is 0 Å². The normalized spacial score (nSPS) is 10.4. The van der Waals surface area contributed by atoms with E-state index in [-0.39, 0.29) is 24.5 Å². The number of amides is 3. The third kappa shape index (κ3) is 5.80. The molecule has 172 valence electrons. The molecule has 7 nitrogen and oxygen atoms in total. The molecule has 4 rings (SSSR count). The summed E-state index contributed by atoms with van der Waals surface area (Å²) in [5.74, 6) is 0.505. The SMILES string of the molecule is O=C(NCCN(C(=O)Nc1ccccc1F)c1ccc(Oc2ccccc2)cc1)c1ccco1. The van der Waals surface area contributed by atoms with Gasteiger partial charge in [0.2, 0.25) is 0 Å². The van der Waals surface area contributed by atoms with Gasteiger partial charge in [-0.1, -0.05) is 30.3 Å². The van der Waals surface area contributed by atoms with Gasteiger partial charge in [-0.05, 0) is 60.7 Å². The minimum absolute atomic E-state index is 0.0566. The highest BCUT2D eigenvalue weighted by Gasteiger charge is 2.18. The van der Waals surface area contributed by atoms with E-state index in [4.69, 9.17) is 9.15 Å². The van der Waals surface area contributed by atoms with Crippen molar-refractivity contribution >= 4 is 23.3 Å². The second kappa shape index (κ2) is 10.8. The number of anilines is 2. The number of hydrogen-bond donors (Lipinski definition) is 2. The smallest absolute Gasteiger partial charge is 0.326 e. The summed E-state index contributed by atoms with van der Waals surface area (Å²) < 4.78 is 25.0. The Hall–Kier alpha value is -4.59. The number of hydrogen-bond acceptors (Lipinski definition) is 4. The molecule has 0 spiro atoms. The molecule has 2 N–H and O–H groups in total. The van der Waals surface area contributed by atoms with E-state index in [9.17, 15) is 14.0 Å². The zero-order valence-electron chi connectivity index (χ0n) is 18.1. The quantitative estimate of drug-likeness (QED) is 0.355. The molecule has 1 aromatic heterocycles. The lowest BCUT2D eigenvalue weighted by atomic mass is 10.2. The molecule has 34 heavy (non-hydrogen) atoms. The van der Waals surface area contributed by atoms with Crippen LogP contribution in [0.15, 0.2) is 102 Å². The second-order valence-electron chi connectivity index (χ2n) is 7.20. The Labute approximate surface area is 195 Å². The van der Waals surface area contributed by atoms with Gasteiger partial charge in [-0.2, -0.15) is 0 Å². The van der Waals surface area contributed by atoms with Gasteiger partial charge in [-0.25, -0.2) is 9.18 Å². The highest BCUT2D eigenvalue weighted by molar-refractivity contribution is 6.02. The molecule has 1 heterocycles. The Morgan fingerprint density at radius 2 is 1.56 bits per heavy atom. The van der Waals surface area contributed by atoms with E-state index in [1.54, 1.807) is 48.5 Å². The van der Waals surface area contributed by atoms with Gasteiger partial charge >= 0.3 is 6.03 Å². The Bertz CT molecular complexity index is 1230.